The first kappa shape index (κ1) is 17.7. The van der Waals surface area contributed by atoms with Crippen LogP contribution in [0.15, 0.2) is 47.4 Å². The fourth-order valence-electron chi connectivity index (χ4n) is 3.56. The SMILES string of the molecule is O=C(NCC1CCN(C(=O)Cn2ccc3ccccc32)CC1)c1cscn1. The van der Waals surface area contributed by atoms with Crippen LogP contribution in [-0.4, -0.2) is 45.9 Å². The van der Waals surface area contributed by atoms with E-state index in [1.54, 1.807) is 10.9 Å². The lowest BCUT2D eigenvalue weighted by molar-refractivity contribution is -0.133. The molecule has 2 aromatic heterocycles. The van der Waals surface area contributed by atoms with E-state index in [1.807, 2.05) is 39.9 Å². The number of carbonyl (C=O) groups excluding carboxylic acids is 2. The lowest BCUT2D eigenvalue weighted by atomic mass is 9.96. The van der Waals surface area contributed by atoms with Crippen LogP contribution >= 0.6 is 11.3 Å². The molecule has 0 unspecified atom stereocenters. The molecule has 0 atom stereocenters. The minimum Gasteiger partial charge on any atom is -0.350 e. The first-order valence-corrected chi connectivity index (χ1v) is 10.1. The molecule has 27 heavy (non-hydrogen) atoms. The monoisotopic (exact) mass is 382 g/mol. The summed E-state index contributed by atoms with van der Waals surface area (Å²) in [6.45, 7) is 2.50. The number of para-hydroxylation sites is 1. The van der Waals surface area contributed by atoms with Crippen molar-refractivity contribution in [2.24, 2.45) is 5.92 Å². The molecule has 0 saturated carbocycles. The Bertz CT molecular complexity index is 927. The second-order valence-electron chi connectivity index (χ2n) is 6.91. The molecule has 3 aromatic rings. The highest BCUT2D eigenvalue weighted by Gasteiger charge is 2.23. The Balaban J connectivity index is 1.26. The molecule has 0 radical (unpaired) electrons. The largest absolute Gasteiger partial charge is 0.350 e. The van der Waals surface area contributed by atoms with E-state index in [2.05, 4.69) is 16.4 Å². The van der Waals surface area contributed by atoms with E-state index < -0.39 is 0 Å². The van der Waals surface area contributed by atoms with Crippen LogP contribution in [0.5, 0.6) is 0 Å². The highest BCUT2D eigenvalue weighted by molar-refractivity contribution is 7.07. The number of likely N-dealkylation sites (tertiary alicyclic amines) is 1. The topological polar surface area (TPSA) is 67.2 Å². The van der Waals surface area contributed by atoms with E-state index in [1.165, 1.54) is 11.3 Å². The number of aromatic nitrogens is 2. The highest BCUT2D eigenvalue weighted by Crippen LogP contribution is 2.19. The van der Waals surface area contributed by atoms with E-state index in [4.69, 9.17) is 0 Å². The molecule has 1 aromatic carbocycles. The Hall–Kier alpha value is -2.67. The Morgan fingerprint density at radius 1 is 1.19 bits per heavy atom. The average molecular weight is 382 g/mol. The van der Waals surface area contributed by atoms with Crippen LogP contribution < -0.4 is 5.32 Å². The Morgan fingerprint density at radius 2 is 2.00 bits per heavy atom. The van der Waals surface area contributed by atoms with E-state index in [-0.39, 0.29) is 11.8 Å². The molecule has 2 amide bonds. The van der Waals surface area contributed by atoms with Gasteiger partial charge >= 0.3 is 0 Å². The molecule has 1 aliphatic heterocycles. The predicted octanol–water partition coefficient (Wildman–Crippen LogP) is 2.77. The molecule has 1 fully saturated rings. The maximum Gasteiger partial charge on any atom is 0.270 e. The van der Waals surface area contributed by atoms with Gasteiger partial charge in [-0.1, -0.05) is 18.2 Å². The van der Waals surface area contributed by atoms with Crippen molar-refractivity contribution in [3.05, 3.63) is 53.1 Å². The molecule has 0 aliphatic carbocycles. The Morgan fingerprint density at radius 3 is 2.78 bits per heavy atom. The summed E-state index contributed by atoms with van der Waals surface area (Å²) in [5.74, 6) is 0.444. The number of amides is 2. The summed E-state index contributed by atoms with van der Waals surface area (Å²) in [5.41, 5.74) is 3.23. The molecule has 1 aliphatic rings. The standard InChI is InChI=1S/C20H22N4O2S/c25-19(12-24-10-7-16-3-1-2-4-18(16)24)23-8-5-15(6-9-23)11-21-20(26)17-13-27-14-22-17/h1-4,7,10,13-15H,5-6,8-9,11-12H2,(H,21,26). The molecule has 0 bridgehead atoms. The molecule has 4 rings (SSSR count). The lowest BCUT2D eigenvalue weighted by Crippen LogP contribution is -2.42. The summed E-state index contributed by atoms with van der Waals surface area (Å²) in [4.78, 5) is 30.6. The van der Waals surface area contributed by atoms with Crippen LogP contribution in [0.4, 0.5) is 0 Å². The zero-order valence-electron chi connectivity index (χ0n) is 15.0. The third-order valence-corrected chi connectivity index (χ3v) is 5.76. The van der Waals surface area contributed by atoms with Gasteiger partial charge < -0.3 is 14.8 Å². The molecule has 140 valence electrons. The van der Waals surface area contributed by atoms with Crippen molar-refractivity contribution in [3.63, 3.8) is 0 Å². The van der Waals surface area contributed by atoms with Gasteiger partial charge in [0.15, 0.2) is 0 Å². The van der Waals surface area contributed by atoms with Gasteiger partial charge in [-0.05, 0) is 36.3 Å². The van der Waals surface area contributed by atoms with Crippen molar-refractivity contribution in [2.75, 3.05) is 19.6 Å². The van der Waals surface area contributed by atoms with Crippen LogP contribution in [0.1, 0.15) is 23.3 Å². The molecule has 3 heterocycles. The van der Waals surface area contributed by atoms with Gasteiger partial charge in [-0.25, -0.2) is 4.98 Å². The van der Waals surface area contributed by atoms with Crippen molar-refractivity contribution in [3.8, 4) is 0 Å². The van der Waals surface area contributed by atoms with E-state index in [0.717, 1.165) is 36.8 Å². The number of nitrogens with one attached hydrogen (secondary N) is 1. The third kappa shape index (κ3) is 4.03. The van der Waals surface area contributed by atoms with Crippen LogP contribution in [-0.2, 0) is 11.3 Å². The van der Waals surface area contributed by atoms with Crippen LogP contribution in [0.25, 0.3) is 10.9 Å². The van der Waals surface area contributed by atoms with E-state index in [0.29, 0.717) is 24.7 Å². The number of hydrogen-bond donors (Lipinski definition) is 1. The van der Waals surface area contributed by atoms with Gasteiger partial charge in [-0.15, -0.1) is 11.3 Å². The summed E-state index contributed by atoms with van der Waals surface area (Å²) >= 11 is 1.42. The van der Waals surface area contributed by atoms with Crippen LogP contribution in [0.2, 0.25) is 0 Å². The zero-order chi connectivity index (χ0) is 18.6. The van der Waals surface area contributed by atoms with Gasteiger partial charge in [0.1, 0.15) is 12.2 Å². The fourth-order valence-corrected chi connectivity index (χ4v) is 4.10. The summed E-state index contributed by atoms with van der Waals surface area (Å²) < 4.78 is 2.01. The summed E-state index contributed by atoms with van der Waals surface area (Å²) in [6.07, 6.45) is 3.80. The average Bonchev–Trinajstić information content (AvgIpc) is 3.37. The number of rotatable bonds is 5. The predicted molar refractivity (Wildman–Crippen MR) is 106 cm³/mol. The smallest absolute Gasteiger partial charge is 0.270 e. The first-order valence-electron chi connectivity index (χ1n) is 9.19. The fraction of sp³-hybridized carbons (Fsp3) is 0.350. The van der Waals surface area contributed by atoms with Crippen molar-refractivity contribution in [1.29, 1.82) is 0 Å². The van der Waals surface area contributed by atoms with Gasteiger partial charge in [0.05, 0.1) is 5.51 Å². The minimum atomic E-state index is -0.116. The Kier molecular flexibility index (Phi) is 5.20. The number of piperidine rings is 1. The van der Waals surface area contributed by atoms with Gasteiger partial charge in [0.2, 0.25) is 5.91 Å². The molecule has 0 spiro atoms. The number of hydrogen-bond acceptors (Lipinski definition) is 4. The quantitative estimate of drug-likeness (QED) is 0.738. The molecular formula is C20H22N4O2S. The van der Waals surface area contributed by atoms with E-state index in [9.17, 15) is 9.59 Å². The second kappa shape index (κ2) is 7.92. The zero-order valence-corrected chi connectivity index (χ0v) is 15.8. The van der Waals surface area contributed by atoms with Crippen LogP contribution in [0, 0.1) is 5.92 Å². The second-order valence-corrected chi connectivity index (χ2v) is 7.63. The molecule has 1 N–H and O–H groups in total. The first-order chi connectivity index (χ1) is 13.2. The summed E-state index contributed by atoms with van der Waals surface area (Å²) in [6, 6.07) is 10.1. The van der Waals surface area contributed by atoms with Gasteiger partial charge in [-0.2, -0.15) is 0 Å². The van der Waals surface area contributed by atoms with Gasteiger partial charge in [-0.3, -0.25) is 9.59 Å². The van der Waals surface area contributed by atoms with Gasteiger partial charge in [0.25, 0.3) is 5.91 Å². The number of fused-ring (bicyclic) bond motifs is 1. The maximum atomic E-state index is 12.7. The van der Waals surface area contributed by atoms with Crippen molar-refractivity contribution < 1.29 is 9.59 Å². The summed E-state index contributed by atoms with van der Waals surface area (Å²) in [7, 11) is 0. The minimum absolute atomic E-state index is 0.116. The number of thiazole rings is 1. The van der Waals surface area contributed by atoms with E-state index >= 15 is 0 Å². The summed E-state index contributed by atoms with van der Waals surface area (Å²) in [5, 5.41) is 5.86. The molecule has 6 nitrogen and oxygen atoms in total. The van der Waals surface area contributed by atoms with Crippen molar-refractivity contribution >= 4 is 34.1 Å². The highest BCUT2D eigenvalue weighted by atomic mass is 32.1. The van der Waals surface area contributed by atoms with Gasteiger partial charge in [0, 0.05) is 36.7 Å². The van der Waals surface area contributed by atoms with Crippen molar-refractivity contribution in [2.45, 2.75) is 19.4 Å². The maximum absolute atomic E-state index is 12.7. The number of nitrogens with zero attached hydrogens (tertiary/aromatic N) is 3. The van der Waals surface area contributed by atoms with Crippen molar-refractivity contribution in [1.82, 2.24) is 19.8 Å². The van der Waals surface area contributed by atoms with Crippen LogP contribution in [0.3, 0.4) is 0 Å². The number of benzene rings is 1. The lowest BCUT2D eigenvalue weighted by Gasteiger charge is -2.32. The molecule has 1 saturated heterocycles. The third-order valence-electron chi connectivity index (χ3n) is 5.17. The molecule has 7 heteroatoms. The Labute approximate surface area is 161 Å². The normalized spacial score (nSPS) is 15.2. The molecular weight excluding hydrogens is 360 g/mol. The number of carbonyl (C=O) groups is 2.